The van der Waals surface area contributed by atoms with Crippen LogP contribution in [0.5, 0.6) is 0 Å². The quantitative estimate of drug-likeness (QED) is 0.688. The summed E-state index contributed by atoms with van der Waals surface area (Å²) in [6, 6.07) is 13.3. The molecule has 0 amide bonds. The standard InChI is InChI=1S/C16H18.CH3N/c1-11-5-7-15(9-13(11)3)16-8-6-12(2)14(4)10-16;1-2/h5-10H,1-4H3;2H,1H2. The molecular weight excluding hydrogens is 218 g/mol. The summed E-state index contributed by atoms with van der Waals surface area (Å²) in [6.45, 7) is 11.1. The molecule has 0 aliphatic rings. The molecule has 1 heteroatoms. The lowest BCUT2D eigenvalue weighted by molar-refractivity contribution is 1.32. The lowest BCUT2D eigenvalue weighted by Gasteiger charge is -2.08. The van der Waals surface area contributed by atoms with Crippen molar-refractivity contribution in [3.8, 4) is 11.1 Å². The van der Waals surface area contributed by atoms with Crippen LogP contribution in [-0.2, 0) is 0 Å². The average Bonchev–Trinajstić information content (AvgIpc) is 2.38. The van der Waals surface area contributed by atoms with Crippen LogP contribution < -0.4 is 0 Å². The topological polar surface area (TPSA) is 23.9 Å². The largest absolute Gasteiger partial charge is 0.317 e. The molecule has 2 aromatic rings. The zero-order valence-corrected chi connectivity index (χ0v) is 11.7. The van der Waals surface area contributed by atoms with Crippen molar-refractivity contribution in [2.45, 2.75) is 27.7 Å². The molecule has 0 aliphatic carbocycles. The van der Waals surface area contributed by atoms with E-state index in [1.165, 1.54) is 33.4 Å². The first kappa shape index (κ1) is 14.2. The van der Waals surface area contributed by atoms with Crippen LogP contribution in [0.2, 0.25) is 0 Å². The Labute approximate surface area is 110 Å². The van der Waals surface area contributed by atoms with Gasteiger partial charge in [0.25, 0.3) is 0 Å². The first-order chi connectivity index (χ1) is 8.58. The second kappa shape index (κ2) is 6.15. The molecule has 1 N–H and O–H groups in total. The van der Waals surface area contributed by atoms with Crippen LogP contribution >= 0.6 is 0 Å². The molecule has 0 aromatic heterocycles. The molecule has 0 fully saturated rings. The van der Waals surface area contributed by atoms with Crippen molar-refractivity contribution in [1.29, 1.82) is 5.41 Å². The van der Waals surface area contributed by atoms with E-state index < -0.39 is 0 Å². The van der Waals surface area contributed by atoms with Gasteiger partial charge in [0.05, 0.1) is 0 Å². The summed E-state index contributed by atoms with van der Waals surface area (Å²) in [4.78, 5) is 0. The Kier molecular flexibility index (Phi) is 4.85. The third kappa shape index (κ3) is 3.07. The lowest BCUT2D eigenvalue weighted by Crippen LogP contribution is -1.86. The van der Waals surface area contributed by atoms with E-state index in [1.54, 1.807) is 0 Å². The molecule has 0 radical (unpaired) electrons. The SMILES string of the molecule is C=N.Cc1ccc(-c2ccc(C)c(C)c2)cc1C. The minimum atomic E-state index is 1.31. The Morgan fingerprint density at radius 2 is 0.944 bits per heavy atom. The van der Waals surface area contributed by atoms with E-state index >= 15 is 0 Å². The Morgan fingerprint density at radius 3 is 1.22 bits per heavy atom. The van der Waals surface area contributed by atoms with E-state index in [2.05, 4.69) is 70.8 Å². The van der Waals surface area contributed by atoms with E-state index in [0.717, 1.165) is 0 Å². The first-order valence-corrected chi connectivity index (χ1v) is 6.08. The molecule has 0 heterocycles. The summed E-state index contributed by atoms with van der Waals surface area (Å²) >= 11 is 0. The number of rotatable bonds is 1. The van der Waals surface area contributed by atoms with Crippen LogP contribution in [0.1, 0.15) is 22.3 Å². The van der Waals surface area contributed by atoms with Crippen molar-refractivity contribution in [3.63, 3.8) is 0 Å². The van der Waals surface area contributed by atoms with E-state index in [0.29, 0.717) is 0 Å². The van der Waals surface area contributed by atoms with Gasteiger partial charge < -0.3 is 5.41 Å². The Balaban J connectivity index is 0.000000771. The summed E-state index contributed by atoms with van der Waals surface area (Å²) in [7, 11) is 0. The van der Waals surface area contributed by atoms with Crippen LogP contribution in [0.25, 0.3) is 11.1 Å². The third-order valence-corrected chi connectivity index (χ3v) is 3.35. The number of nitrogens with one attached hydrogen (secondary N) is 1. The van der Waals surface area contributed by atoms with Gasteiger partial charge >= 0.3 is 0 Å². The molecule has 94 valence electrons. The molecule has 0 aliphatic heterocycles. The normalized spacial score (nSPS) is 9.56. The Hall–Kier alpha value is -1.89. The van der Waals surface area contributed by atoms with Gasteiger partial charge in [-0.15, -0.1) is 0 Å². The van der Waals surface area contributed by atoms with Crippen LogP contribution in [0, 0.1) is 33.1 Å². The molecule has 0 bridgehead atoms. The van der Waals surface area contributed by atoms with Crippen LogP contribution in [0.3, 0.4) is 0 Å². The van der Waals surface area contributed by atoms with Gasteiger partial charge in [-0.3, -0.25) is 0 Å². The van der Waals surface area contributed by atoms with Gasteiger partial charge in [0.15, 0.2) is 0 Å². The highest BCUT2D eigenvalue weighted by Gasteiger charge is 2.01. The number of aryl methyl sites for hydroxylation is 4. The van der Waals surface area contributed by atoms with Gasteiger partial charge in [-0.2, -0.15) is 0 Å². The van der Waals surface area contributed by atoms with E-state index in [9.17, 15) is 0 Å². The van der Waals surface area contributed by atoms with Crippen molar-refractivity contribution < 1.29 is 0 Å². The zero-order chi connectivity index (χ0) is 13.7. The maximum atomic E-state index is 5.50. The highest BCUT2D eigenvalue weighted by molar-refractivity contribution is 5.66. The molecule has 0 saturated carbocycles. The molecule has 1 nitrogen and oxygen atoms in total. The Morgan fingerprint density at radius 1 is 0.611 bits per heavy atom. The summed E-state index contributed by atoms with van der Waals surface area (Å²) in [5.74, 6) is 0. The summed E-state index contributed by atoms with van der Waals surface area (Å²) in [5.41, 5.74) is 8.05. The fourth-order valence-electron chi connectivity index (χ4n) is 1.84. The summed E-state index contributed by atoms with van der Waals surface area (Å²) in [5, 5.41) is 5.50. The van der Waals surface area contributed by atoms with Gasteiger partial charge in [-0.05, 0) is 67.8 Å². The molecule has 0 unspecified atom stereocenters. The minimum absolute atomic E-state index is 1.31. The summed E-state index contributed by atoms with van der Waals surface area (Å²) < 4.78 is 0. The fraction of sp³-hybridized carbons (Fsp3) is 0.235. The second-order valence-electron chi connectivity index (χ2n) is 4.60. The maximum Gasteiger partial charge on any atom is -0.0181 e. The van der Waals surface area contributed by atoms with Gasteiger partial charge in [0.1, 0.15) is 0 Å². The Bertz CT molecular complexity index is 492. The maximum absolute atomic E-state index is 5.50. The molecular formula is C17H21N. The van der Waals surface area contributed by atoms with Gasteiger partial charge in [0.2, 0.25) is 0 Å². The molecule has 18 heavy (non-hydrogen) atoms. The molecule has 0 spiro atoms. The highest BCUT2D eigenvalue weighted by atomic mass is 14.2. The molecule has 0 saturated heterocycles. The zero-order valence-electron chi connectivity index (χ0n) is 11.7. The minimum Gasteiger partial charge on any atom is -0.317 e. The van der Waals surface area contributed by atoms with Gasteiger partial charge in [0, 0.05) is 0 Å². The second-order valence-corrected chi connectivity index (χ2v) is 4.60. The van der Waals surface area contributed by atoms with Crippen molar-refractivity contribution in [1.82, 2.24) is 0 Å². The van der Waals surface area contributed by atoms with Crippen LogP contribution in [0.4, 0.5) is 0 Å². The number of benzene rings is 2. The predicted molar refractivity (Wildman–Crippen MR) is 80.7 cm³/mol. The van der Waals surface area contributed by atoms with Crippen LogP contribution in [-0.4, -0.2) is 6.72 Å². The van der Waals surface area contributed by atoms with Gasteiger partial charge in [-0.25, -0.2) is 0 Å². The first-order valence-electron chi connectivity index (χ1n) is 6.08. The third-order valence-electron chi connectivity index (χ3n) is 3.35. The van der Waals surface area contributed by atoms with Gasteiger partial charge in [-0.1, -0.05) is 36.4 Å². The van der Waals surface area contributed by atoms with E-state index in [-0.39, 0.29) is 0 Å². The average molecular weight is 239 g/mol. The van der Waals surface area contributed by atoms with E-state index in [1.807, 2.05) is 0 Å². The van der Waals surface area contributed by atoms with E-state index in [4.69, 9.17) is 5.41 Å². The number of hydrogen-bond donors (Lipinski definition) is 1. The fourth-order valence-corrected chi connectivity index (χ4v) is 1.84. The molecule has 2 aromatic carbocycles. The monoisotopic (exact) mass is 239 g/mol. The summed E-state index contributed by atoms with van der Waals surface area (Å²) in [6.07, 6.45) is 0. The van der Waals surface area contributed by atoms with Crippen molar-refractivity contribution in [2.75, 3.05) is 0 Å². The lowest BCUT2D eigenvalue weighted by atomic mass is 9.98. The predicted octanol–water partition coefficient (Wildman–Crippen LogP) is 4.85. The highest BCUT2D eigenvalue weighted by Crippen LogP contribution is 2.24. The van der Waals surface area contributed by atoms with Crippen molar-refractivity contribution in [2.24, 2.45) is 0 Å². The smallest absolute Gasteiger partial charge is 0.0181 e. The van der Waals surface area contributed by atoms with Crippen molar-refractivity contribution in [3.05, 3.63) is 58.7 Å². The number of hydrogen-bond acceptors (Lipinski definition) is 1. The van der Waals surface area contributed by atoms with Crippen molar-refractivity contribution >= 4 is 6.72 Å². The molecule has 2 rings (SSSR count). The van der Waals surface area contributed by atoms with Crippen LogP contribution in [0.15, 0.2) is 36.4 Å². The molecule has 0 atom stereocenters.